The molecule has 0 spiro atoms. The Balaban J connectivity index is 1.52. The van der Waals surface area contributed by atoms with Crippen LogP contribution < -0.4 is 5.32 Å². The van der Waals surface area contributed by atoms with Crippen molar-refractivity contribution in [1.29, 1.82) is 0 Å². The third-order valence-corrected chi connectivity index (χ3v) is 6.09. The minimum Gasteiger partial charge on any atom is -0.298 e. The number of aromatic nitrogens is 1. The first kappa shape index (κ1) is 19.6. The fraction of sp³-hybridized carbons (Fsp3) is 0.0435. The Bertz CT molecular complexity index is 1170. The second kappa shape index (κ2) is 8.37. The van der Waals surface area contributed by atoms with Gasteiger partial charge in [-0.15, -0.1) is 11.3 Å². The zero-order chi connectivity index (χ0) is 20.4. The molecule has 0 fully saturated rings. The predicted molar refractivity (Wildman–Crippen MR) is 122 cm³/mol. The Morgan fingerprint density at radius 1 is 0.862 bits per heavy atom. The average molecular weight is 439 g/mol. The molecule has 0 atom stereocenters. The normalized spacial score (nSPS) is 10.7. The summed E-state index contributed by atoms with van der Waals surface area (Å²) < 4.78 is 0. The largest absolute Gasteiger partial charge is 0.298 e. The Kier molecular flexibility index (Phi) is 5.67. The lowest BCUT2D eigenvalue weighted by Crippen LogP contribution is -2.11. The lowest BCUT2D eigenvalue weighted by atomic mass is 10.0. The highest BCUT2D eigenvalue weighted by atomic mass is 35.5. The zero-order valence-corrected chi connectivity index (χ0v) is 17.8. The number of nitrogens with one attached hydrogen (secondary N) is 1. The van der Waals surface area contributed by atoms with E-state index in [0.29, 0.717) is 20.7 Å². The smallest absolute Gasteiger partial charge is 0.257 e. The molecule has 1 amide bonds. The zero-order valence-electron chi connectivity index (χ0n) is 15.4. The predicted octanol–water partition coefficient (Wildman–Crippen LogP) is 7.34. The van der Waals surface area contributed by atoms with Crippen molar-refractivity contribution in [3.63, 3.8) is 0 Å². The summed E-state index contributed by atoms with van der Waals surface area (Å²) in [5.41, 5.74) is 4.40. The van der Waals surface area contributed by atoms with Gasteiger partial charge in [-0.05, 0) is 42.3 Å². The Hall–Kier alpha value is -2.66. The van der Waals surface area contributed by atoms with E-state index < -0.39 is 0 Å². The molecule has 0 saturated heterocycles. The molecule has 6 heteroatoms. The summed E-state index contributed by atoms with van der Waals surface area (Å²) in [6, 6.07) is 22.9. The fourth-order valence-corrected chi connectivity index (χ4v) is 4.10. The molecule has 1 heterocycles. The molecule has 0 bridgehead atoms. The van der Waals surface area contributed by atoms with E-state index in [0.717, 1.165) is 27.3 Å². The van der Waals surface area contributed by atoms with Gasteiger partial charge in [0, 0.05) is 16.0 Å². The minimum absolute atomic E-state index is 0.195. The molecule has 4 rings (SSSR count). The van der Waals surface area contributed by atoms with E-state index >= 15 is 0 Å². The molecule has 0 saturated carbocycles. The number of thiazole rings is 1. The Labute approximate surface area is 183 Å². The lowest BCUT2D eigenvalue weighted by molar-refractivity contribution is 0.102. The van der Waals surface area contributed by atoms with E-state index in [1.807, 2.05) is 67.6 Å². The highest BCUT2D eigenvalue weighted by molar-refractivity contribution is 7.16. The maximum absolute atomic E-state index is 12.6. The van der Waals surface area contributed by atoms with Gasteiger partial charge in [-0.3, -0.25) is 10.1 Å². The summed E-state index contributed by atoms with van der Waals surface area (Å²) in [5.74, 6) is -0.195. The first-order valence-electron chi connectivity index (χ1n) is 8.91. The van der Waals surface area contributed by atoms with Crippen LogP contribution in [-0.4, -0.2) is 10.9 Å². The van der Waals surface area contributed by atoms with Crippen molar-refractivity contribution >= 4 is 45.6 Å². The van der Waals surface area contributed by atoms with Crippen molar-refractivity contribution in [3.8, 4) is 22.4 Å². The monoisotopic (exact) mass is 438 g/mol. The van der Waals surface area contributed by atoms with Crippen molar-refractivity contribution in [2.75, 3.05) is 5.32 Å². The van der Waals surface area contributed by atoms with Crippen LogP contribution >= 0.6 is 34.5 Å². The summed E-state index contributed by atoms with van der Waals surface area (Å²) in [6.07, 6.45) is 0. The maximum atomic E-state index is 12.6. The van der Waals surface area contributed by atoms with Gasteiger partial charge in [-0.25, -0.2) is 4.98 Å². The third kappa shape index (κ3) is 4.35. The highest BCUT2D eigenvalue weighted by Crippen LogP contribution is 2.34. The highest BCUT2D eigenvalue weighted by Gasteiger charge is 2.14. The Morgan fingerprint density at radius 3 is 2.21 bits per heavy atom. The van der Waals surface area contributed by atoms with Crippen molar-refractivity contribution in [2.24, 2.45) is 0 Å². The van der Waals surface area contributed by atoms with Crippen LogP contribution in [-0.2, 0) is 0 Å². The number of aryl methyl sites for hydroxylation is 1. The molecular weight excluding hydrogens is 423 g/mol. The fourth-order valence-electron chi connectivity index (χ4n) is 2.98. The topological polar surface area (TPSA) is 42.0 Å². The number of anilines is 1. The SMILES string of the molecule is Cc1sc(NC(=O)c2ccc(-c3ccccc3)cc2)nc1-c1ccc(Cl)c(Cl)c1. The van der Waals surface area contributed by atoms with Gasteiger partial charge < -0.3 is 0 Å². The third-order valence-electron chi connectivity index (χ3n) is 4.46. The molecule has 0 aliphatic heterocycles. The summed E-state index contributed by atoms with van der Waals surface area (Å²) in [4.78, 5) is 18.2. The average Bonchev–Trinajstić information content (AvgIpc) is 3.10. The summed E-state index contributed by atoms with van der Waals surface area (Å²) >= 11 is 13.5. The number of halogens is 2. The molecule has 29 heavy (non-hydrogen) atoms. The number of hydrogen-bond donors (Lipinski definition) is 1. The van der Waals surface area contributed by atoms with E-state index in [2.05, 4.69) is 10.3 Å². The van der Waals surface area contributed by atoms with Crippen LogP contribution in [0.15, 0.2) is 72.8 Å². The standard InChI is InChI=1S/C23H16Cl2N2OS/c1-14-21(18-11-12-19(24)20(25)13-18)26-23(29-14)27-22(28)17-9-7-16(8-10-17)15-5-3-2-4-6-15/h2-13H,1H3,(H,26,27,28). The molecule has 4 aromatic rings. The van der Waals surface area contributed by atoms with Crippen LogP contribution in [0.4, 0.5) is 5.13 Å². The van der Waals surface area contributed by atoms with Crippen LogP contribution in [0, 0.1) is 6.92 Å². The van der Waals surface area contributed by atoms with Crippen LogP contribution in [0.5, 0.6) is 0 Å². The summed E-state index contributed by atoms with van der Waals surface area (Å²) in [5, 5.41) is 4.40. The van der Waals surface area contributed by atoms with Gasteiger partial charge in [0.25, 0.3) is 5.91 Å². The van der Waals surface area contributed by atoms with Crippen LogP contribution in [0.1, 0.15) is 15.2 Å². The number of rotatable bonds is 4. The number of nitrogens with zero attached hydrogens (tertiary/aromatic N) is 1. The van der Waals surface area contributed by atoms with Gasteiger partial charge >= 0.3 is 0 Å². The molecule has 1 aromatic heterocycles. The maximum Gasteiger partial charge on any atom is 0.257 e. The molecule has 3 aromatic carbocycles. The second-order valence-electron chi connectivity index (χ2n) is 6.45. The number of hydrogen-bond acceptors (Lipinski definition) is 3. The molecule has 0 aliphatic carbocycles. The van der Waals surface area contributed by atoms with E-state index in [4.69, 9.17) is 23.2 Å². The van der Waals surface area contributed by atoms with Crippen molar-refractivity contribution in [2.45, 2.75) is 6.92 Å². The molecule has 1 N–H and O–H groups in total. The number of amides is 1. The number of benzene rings is 3. The number of carbonyl (C=O) groups is 1. The first-order chi connectivity index (χ1) is 14.0. The van der Waals surface area contributed by atoms with Crippen LogP contribution in [0.2, 0.25) is 10.0 Å². The van der Waals surface area contributed by atoms with Gasteiger partial charge in [0.15, 0.2) is 5.13 Å². The van der Waals surface area contributed by atoms with Gasteiger partial charge in [0.2, 0.25) is 0 Å². The minimum atomic E-state index is -0.195. The summed E-state index contributed by atoms with van der Waals surface area (Å²) in [7, 11) is 0. The van der Waals surface area contributed by atoms with Crippen molar-refractivity contribution in [3.05, 3.63) is 93.3 Å². The van der Waals surface area contributed by atoms with E-state index in [1.165, 1.54) is 11.3 Å². The molecule has 144 valence electrons. The van der Waals surface area contributed by atoms with E-state index in [-0.39, 0.29) is 5.91 Å². The molecule has 0 radical (unpaired) electrons. The van der Waals surface area contributed by atoms with Crippen LogP contribution in [0.25, 0.3) is 22.4 Å². The second-order valence-corrected chi connectivity index (χ2v) is 8.47. The molecule has 0 aliphatic rings. The van der Waals surface area contributed by atoms with Gasteiger partial charge in [-0.2, -0.15) is 0 Å². The molecular formula is C23H16Cl2N2OS. The Morgan fingerprint density at radius 2 is 1.52 bits per heavy atom. The van der Waals surface area contributed by atoms with Gasteiger partial charge in [-0.1, -0.05) is 71.7 Å². The molecule has 0 unspecified atom stereocenters. The van der Waals surface area contributed by atoms with E-state index in [9.17, 15) is 4.79 Å². The van der Waals surface area contributed by atoms with Gasteiger partial charge in [0.05, 0.1) is 15.7 Å². The quantitative estimate of drug-likeness (QED) is 0.361. The molecule has 3 nitrogen and oxygen atoms in total. The van der Waals surface area contributed by atoms with E-state index in [1.54, 1.807) is 12.1 Å². The summed E-state index contributed by atoms with van der Waals surface area (Å²) in [6.45, 7) is 1.96. The van der Waals surface area contributed by atoms with Crippen molar-refractivity contribution < 1.29 is 4.79 Å². The van der Waals surface area contributed by atoms with Gasteiger partial charge in [0.1, 0.15) is 0 Å². The number of carbonyl (C=O) groups excluding carboxylic acids is 1. The first-order valence-corrected chi connectivity index (χ1v) is 10.5. The van der Waals surface area contributed by atoms with Crippen molar-refractivity contribution in [1.82, 2.24) is 4.98 Å². The lowest BCUT2D eigenvalue weighted by Gasteiger charge is -2.05. The van der Waals surface area contributed by atoms with Crippen LogP contribution in [0.3, 0.4) is 0 Å².